The van der Waals surface area contributed by atoms with E-state index in [1.807, 2.05) is 10.9 Å². The molecule has 0 aliphatic rings. The number of rotatable bonds is 2. The van der Waals surface area contributed by atoms with Crippen molar-refractivity contribution in [2.75, 3.05) is 0 Å². The fourth-order valence-electron chi connectivity index (χ4n) is 1.75. The van der Waals surface area contributed by atoms with Gasteiger partial charge in [0.1, 0.15) is 3.70 Å². The molecule has 0 saturated carbocycles. The second-order valence-electron chi connectivity index (χ2n) is 5.41. The maximum atomic E-state index is 5.99. The largest absolute Gasteiger partial charge is 0.266 e. The third-order valence-electron chi connectivity index (χ3n) is 2.84. The van der Waals surface area contributed by atoms with Crippen LogP contribution in [-0.4, -0.2) is 9.78 Å². The van der Waals surface area contributed by atoms with E-state index in [9.17, 15) is 0 Å². The van der Waals surface area contributed by atoms with Gasteiger partial charge in [-0.3, -0.25) is 4.68 Å². The Morgan fingerprint density at radius 2 is 1.83 bits per heavy atom. The number of hydrogen-bond donors (Lipinski definition) is 0. The fraction of sp³-hybridized carbons (Fsp3) is 0.357. The first kappa shape index (κ1) is 13.9. The molecule has 0 aliphatic carbocycles. The van der Waals surface area contributed by atoms with Gasteiger partial charge in [0.2, 0.25) is 0 Å². The molecule has 0 bridgehead atoms. The molecule has 2 rings (SSSR count). The zero-order chi connectivity index (χ0) is 13.3. The molecular formula is C14H16ClIN2. The maximum absolute atomic E-state index is 5.99. The van der Waals surface area contributed by atoms with Crippen molar-refractivity contribution in [2.45, 2.75) is 32.7 Å². The molecule has 1 aromatic heterocycles. The molecule has 0 atom stereocenters. The summed E-state index contributed by atoms with van der Waals surface area (Å²) in [7, 11) is 0. The molecule has 18 heavy (non-hydrogen) atoms. The number of benzene rings is 1. The average molecular weight is 375 g/mol. The van der Waals surface area contributed by atoms with Crippen LogP contribution in [0.2, 0.25) is 5.02 Å². The molecule has 1 heterocycles. The third kappa shape index (κ3) is 3.26. The van der Waals surface area contributed by atoms with Crippen LogP contribution in [0.15, 0.2) is 30.5 Å². The Morgan fingerprint density at radius 3 is 2.28 bits per heavy atom. The van der Waals surface area contributed by atoms with Crippen LogP contribution >= 0.6 is 34.2 Å². The molecule has 0 aliphatic heterocycles. The first-order valence-corrected chi connectivity index (χ1v) is 7.30. The van der Waals surface area contributed by atoms with Gasteiger partial charge in [0.15, 0.2) is 0 Å². The van der Waals surface area contributed by atoms with Gasteiger partial charge in [0.25, 0.3) is 0 Å². The van der Waals surface area contributed by atoms with E-state index in [1.54, 1.807) is 0 Å². The highest BCUT2D eigenvalue weighted by molar-refractivity contribution is 14.1. The summed E-state index contributed by atoms with van der Waals surface area (Å²) in [6.45, 7) is 7.42. The summed E-state index contributed by atoms with van der Waals surface area (Å²) >= 11 is 8.13. The van der Waals surface area contributed by atoms with Crippen molar-refractivity contribution in [1.29, 1.82) is 0 Å². The molecule has 96 valence electrons. The highest BCUT2D eigenvalue weighted by Gasteiger charge is 2.13. The lowest BCUT2D eigenvalue weighted by molar-refractivity contribution is 0.589. The monoisotopic (exact) mass is 374 g/mol. The van der Waals surface area contributed by atoms with E-state index in [0.29, 0.717) is 5.02 Å². The van der Waals surface area contributed by atoms with Crippen molar-refractivity contribution in [2.24, 2.45) is 0 Å². The van der Waals surface area contributed by atoms with Crippen molar-refractivity contribution < 1.29 is 0 Å². The van der Waals surface area contributed by atoms with Gasteiger partial charge in [-0.2, -0.15) is 5.10 Å². The Hall–Kier alpha value is -0.550. The van der Waals surface area contributed by atoms with E-state index >= 15 is 0 Å². The van der Waals surface area contributed by atoms with E-state index in [0.717, 1.165) is 10.2 Å². The van der Waals surface area contributed by atoms with Crippen molar-refractivity contribution >= 4 is 34.2 Å². The Kier molecular flexibility index (Phi) is 4.02. The van der Waals surface area contributed by atoms with E-state index in [-0.39, 0.29) is 5.41 Å². The maximum Gasteiger partial charge on any atom is 0.141 e. The predicted molar refractivity (Wildman–Crippen MR) is 84.2 cm³/mol. The minimum absolute atomic E-state index is 0.197. The van der Waals surface area contributed by atoms with Crippen LogP contribution < -0.4 is 0 Å². The average Bonchev–Trinajstić information content (AvgIpc) is 2.57. The van der Waals surface area contributed by atoms with Crippen LogP contribution in [0.1, 0.15) is 31.9 Å². The summed E-state index contributed by atoms with van der Waals surface area (Å²) < 4.78 is 2.72. The lowest BCUT2D eigenvalue weighted by atomic mass is 9.87. The second-order valence-corrected chi connectivity index (χ2v) is 6.84. The Morgan fingerprint density at radius 1 is 1.22 bits per heavy atom. The van der Waals surface area contributed by atoms with Crippen LogP contribution in [0.4, 0.5) is 0 Å². The van der Waals surface area contributed by atoms with Gasteiger partial charge in [-0.25, -0.2) is 0 Å². The molecule has 1 aromatic carbocycles. The number of nitrogens with zero attached hydrogens (tertiary/aromatic N) is 2. The van der Waals surface area contributed by atoms with E-state index < -0.39 is 0 Å². The van der Waals surface area contributed by atoms with E-state index in [1.165, 1.54) is 11.1 Å². The summed E-state index contributed by atoms with van der Waals surface area (Å²) in [6, 6.07) is 8.68. The van der Waals surface area contributed by atoms with Crippen LogP contribution in [0, 0.1) is 3.70 Å². The summed E-state index contributed by atoms with van der Waals surface area (Å²) in [5.74, 6) is 0. The third-order valence-corrected chi connectivity index (χ3v) is 4.23. The molecular weight excluding hydrogens is 359 g/mol. The van der Waals surface area contributed by atoms with E-state index in [4.69, 9.17) is 11.6 Å². The summed E-state index contributed by atoms with van der Waals surface area (Å²) in [4.78, 5) is 0. The molecule has 0 N–H and O–H groups in total. The lowest BCUT2D eigenvalue weighted by Gasteiger charge is -2.19. The number of aromatic nitrogens is 2. The van der Waals surface area contributed by atoms with Gasteiger partial charge in [-0.05, 0) is 39.1 Å². The molecule has 0 spiro atoms. The van der Waals surface area contributed by atoms with Crippen molar-refractivity contribution in [3.05, 3.63) is 50.3 Å². The summed E-state index contributed by atoms with van der Waals surface area (Å²) in [6.07, 6.45) is 1.86. The molecule has 0 amide bonds. The Labute approximate surface area is 126 Å². The van der Waals surface area contributed by atoms with Gasteiger partial charge in [-0.1, -0.05) is 56.6 Å². The van der Waals surface area contributed by atoms with Gasteiger partial charge in [-0.15, -0.1) is 0 Å². The summed E-state index contributed by atoms with van der Waals surface area (Å²) in [5, 5.41) is 5.06. The first-order chi connectivity index (χ1) is 8.36. The number of halogens is 2. The minimum Gasteiger partial charge on any atom is -0.266 e. The zero-order valence-corrected chi connectivity index (χ0v) is 13.7. The highest BCUT2D eigenvalue weighted by atomic mass is 127. The van der Waals surface area contributed by atoms with Crippen LogP contribution in [0.25, 0.3) is 0 Å². The molecule has 0 radical (unpaired) electrons. The molecule has 2 nitrogen and oxygen atoms in total. The van der Waals surface area contributed by atoms with Crippen LogP contribution in [0.3, 0.4) is 0 Å². The van der Waals surface area contributed by atoms with Crippen LogP contribution in [-0.2, 0) is 12.0 Å². The second kappa shape index (κ2) is 5.21. The predicted octanol–water partition coefficient (Wildman–Crippen LogP) is 4.49. The molecule has 4 heteroatoms. The van der Waals surface area contributed by atoms with Gasteiger partial charge in [0, 0.05) is 6.20 Å². The van der Waals surface area contributed by atoms with Crippen molar-refractivity contribution in [1.82, 2.24) is 9.78 Å². The molecule has 0 fully saturated rings. The van der Waals surface area contributed by atoms with Gasteiger partial charge < -0.3 is 0 Å². The zero-order valence-electron chi connectivity index (χ0n) is 10.7. The lowest BCUT2D eigenvalue weighted by Crippen LogP contribution is -2.11. The van der Waals surface area contributed by atoms with Crippen molar-refractivity contribution in [3.8, 4) is 0 Å². The first-order valence-electron chi connectivity index (χ1n) is 5.84. The number of hydrogen-bond acceptors (Lipinski definition) is 1. The molecule has 2 aromatic rings. The standard InChI is InChI=1S/C14H16ClIN2/c1-14(2,3)11-6-4-10(5-7-11)8-18-9-12(15)13(16)17-18/h4-7,9H,8H2,1-3H3. The van der Waals surface area contributed by atoms with Crippen molar-refractivity contribution in [3.63, 3.8) is 0 Å². The van der Waals surface area contributed by atoms with E-state index in [2.05, 4.69) is 72.7 Å². The molecule has 0 unspecified atom stereocenters. The highest BCUT2D eigenvalue weighted by Crippen LogP contribution is 2.22. The normalized spacial score (nSPS) is 11.8. The quantitative estimate of drug-likeness (QED) is 0.708. The minimum atomic E-state index is 0.197. The van der Waals surface area contributed by atoms with Gasteiger partial charge >= 0.3 is 0 Å². The Balaban J connectivity index is 2.16. The SMILES string of the molecule is CC(C)(C)c1ccc(Cn2cc(Cl)c(I)n2)cc1. The fourth-order valence-corrected chi connectivity index (χ4v) is 2.32. The van der Waals surface area contributed by atoms with Gasteiger partial charge in [0.05, 0.1) is 11.6 Å². The topological polar surface area (TPSA) is 17.8 Å². The van der Waals surface area contributed by atoms with Crippen LogP contribution in [0.5, 0.6) is 0 Å². The summed E-state index contributed by atoms with van der Waals surface area (Å²) in [5.41, 5.74) is 2.78. The smallest absolute Gasteiger partial charge is 0.141 e. The Bertz CT molecular complexity index is 518. The molecule has 0 saturated heterocycles.